The molecule has 0 bridgehead atoms. The Bertz CT molecular complexity index is 666. The summed E-state index contributed by atoms with van der Waals surface area (Å²) in [7, 11) is 1.77. The first kappa shape index (κ1) is 21.5. The van der Waals surface area contributed by atoms with Crippen LogP contribution in [0.15, 0.2) is 35.3 Å². The summed E-state index contributed by atoms with van der Waals surface area (Å²) in [5.41, 5.74) is 1.40. The third kappa shape index (κ3) is 5.12. The zero-order valence-electron chi connectivity index (χ0n) is 15.9. The maximum Gasteiger partial charge on any atom is 0.324 e. The maximum absolute atomic E-state index is 11.6. The SMILES string of the molecule is CN=C(NCCN1C(=O)CNC1=O)N1CCC(c2ccccc2)C(C)C1.I. The predicted octanol–water partition coefficient (Wildman–Crippen LogP) is 1.86. The highest BCUT2D eigenvalue weighted by Gasteiger charge is 2.30. The highest BCUT2D eigenvalue weighted by molar-refractivity contribution is 14.0. The smallest absolute Gasteiger partial charge is 0.324 e. The summed E-state index contributed by atoms with van der Waals surface area (Å²) in [4.78, 5) is 31.1. The fraction of sp³-hybridized carbons (Fsp3) is 0.526. The molecule has 3 rings (SSSR count). The molecule has 1 aromatic rings. The van der Waals surface area contributed by atoms with Crippen molar-refractivity contribution in [2.24, 2.45) is 10.9 Å². The van der Waals surface area contributed by atoms with E-state index >= 15 is 0 Å². The number of hydrogen-bond donors (Lipinski definition) is 2. The molecular formula is C19H28IN5O2. The van der Waals surface area contributed by atoms with E-state index in [0.29, 0.717) is 24.9 Å². The number of likely N-dealkylation sites (tertiary alicyclic amines) is 1. The summed E-state index contributed by atoms with van der Waals surface area (Å²) in [6.45, 7) is 5.09. The van der Waals surface area contributed by atoms with Gasteiger partial charge in [-0.3, -0.25) is 14.7 Å². The third-order valence-corrected chi connectivity index (χ3v) is 5.20. The number of carbonyl (C=O) groups excluding carboxylic acids is 2. The summed E-state index contributed by atoms with van der Waals surface area (Å²) in [5.74, 6) is 1.74. The second kappa shape index (κ2) is 9.91. The van der Waals surface area contributed by atoms with Crippen molar-refractivity contribution in [1.29, 1.82) is 0 Å². The molecule has 7 nitrogen and oxygen atoms in total. The number of carbonyl (C=O) groups is 2. The van der Waals surface area contributed by atoms with Gasteiger partial charge in [-0.15, -0.1) is 24.0 Å². The van der Waals surface area contributed by atoms with Crippen LogP contribution in [0.5, 0.6) is 0 Å². The van der Waals surface area contributed by atoms with Crippen molar-refractivity contribution in [3.63, 3.8) is 0 Å². The minimum Gasteiger partial charge on any atom is -0.354 e. The first-order chi connectivity index (χ1) is 12.6. The van der Waals surface area contributed by atoms with Crippen molar-refractivity contribution in [2.45, 2.75) is 19.3 Å². The topological polar surface area (TPSA) is 77.0 Å². The van der Waals surface area contributed by atoms with Gasteiger partial charge in [-0.05, 0) is 23.8 Å². The molecule has 148 valence electrons. The van der Waals surface area contributed by atoms with Crippen LogP contribution in [0.4, 0.5) is 4.79 Å². The Balaban J connectivity index is 0.00000261. The Labute approximate surface area is 177 Å². The highest BCUT2D eigenvalue weighted by atomic mass is 127. The summed E-state index contributed by atoms with van der Waals surface area (Å²) >= 11 is 0. The van der Waals surface area contributed by atoms with Gasteiger partial charge in [-0.2, -0.15) is 0 Å². The lowest BCUT2D eigenvalue weighted by Gasteiger charge is -2.39. The van der Waals surface area contributed by atoms with E-state index in [1.807, 2.05) is 0 Å². The summed E-state index contributed by atoms with van der Waals surface area (Å²) < 4.78 is 0. The van der Waals surface area contributed by atoms with Gasteiger partial charge in [0, 0.05) is 33.2 Å². The number of guanidine groups is 1. The number of benzene rings is 1. The lowest BCUT2D eigenvalue weighted by molar-refractivity contribution is -0.124. The Kier molecular flexibility index (Phi) is 7.88. The molecule has 0 aliphatic carbocycles. The fourth-order valence-corrected chi connectivity index (χ4v) is 3.83. The van der Waals surface area contributed by atoms with Crippen molar-refractivity contribution in [1.82, 2.24) is 20.4 Å². The number of amides is 3. The van der Waals surface area contributed by atoms with E-state index in [1.54, 1.807) is 7.05 Å². The number of nitrogens with zero attached hydrogens (tertiary/aromatic N) is 3. The van der Waals surface area contributed by atoms with Crippen LogP contribution in [0, 0.1) is 5.92 Å². The normalized spacial score (nSPS) is 23.1. The first-order valence-electron chi connectivity index (χ1n) is 9.19. The van der Waals surface area contributed by atoms with Crippen LogP contribution in [0.25, 0.3) is 0 Å². The molecule has 2 fully saturated rings. The molecular weight excluding hydrogens is 457 g/mol. The largest absolute Gasteiger partial charge is 0.354 e. The van der Waals surface area contributed by atoms with Crippen LogP contribution in [0.1, 0.15) is 24.8 Å². The lowest BCUT2D eigenvalue weighted by Crippen LogP contribution is -2.49. The molecule has 2 atom stereocenters. The average Bonchev–Trinajstić information content (AvgIpc) is 2.97. The van der Waals surface area contributed by atoms with Crippen LogP contribution in [0.3, 0.4) is 0 Å². The monoisotopic (exact) mass is 485 g/mol. The highest BCUT2D eigenvalue weighted by Crippen LogP contribution is 2.32. The molecule has 0 aromatic heterocycles. The van der Waals surface area contributed by atoms with E-state index in [-0.39, 0.29) is 42.5 Å². The molecule has 2 saturated heterocycles. The zero-order chi connectivity index (χ0) is 18.5. The second-order valence-electron chi connectivity index (χ2n) is 6.91. The van der Waals surface area contributed by atoms with Gasteiger partial charge < -0.3 is 15.5 Å². The minimum absolute atomic E-state index is 0. The molecule has 2 aliphatic rings. The van der Waals surface area contributed by atoms with Crippen LogP contribution >= 0.6 is 24.0 Å². The summed E-state index contributed by atoms with van der Waals surface area (Å²) in [5, 5.41) is 5.81. The maximum atomic E-state index is 11.6. The van der Waals surface area contributed by atoms with Crippen LogP contribution < -0.4 is 10.6 Å². The van der Waals surface area contributed by atoms with E-state index in [1.165, 1.54) is 10.5 Å². The summed E-state index contributed by atoms with van der Waals surface area (Å²) in [6.07, 6.45) is 1.08. The molecule has 0 radical (unpaired) electrons. The standard InChI is InChI=1S/C19H27N5O2.HI/c1-14-13-23(10-8-16(14)15-6-4-3-5-7-15)18(20-2)21-9-11-24-17(25)12-22-19(24)26;/h3-7,14,16H,8-13H2,1-2H3,(H,20,21)(H,22,26);1H. The Hall–Kier alpha value is -1.84. The van der Waals surface area contributed by atoms with Gasteiger partial charge in [-0.25, -0.2) is 4.79 Å². The lowest BCUT2D eigenvalue weighted by atomic mass is 9.82. The number of piperidine rings is 1. The van der Waals surface area contributed by atoms with Crippen molar-refractivity contribution >= 4 is 41.9 Å². The fourth-order valence-electron chi connectivity index (χ4n) is 3.83. The second-order valence-corrected chi connectivity index (χ2v) is 6.91. The van der Waals surface area contributed by atoms with E-state index in [0.717, 1.165) is 25.5 Å². The Morgan fingerprint density at radius 1 is 1.30 bits per heavy atom. The van der Waals surface area contributed by atoms with E-state index in [9.17, 15) is 9.59 Å². The average molecular weight is 485 g/mol. The van der Waals surface area contributed by atoms with Gasteiger partial charge in [0.2, 0.25) is 5.91 Å². The zero-order valence-corrected chi connectivity index (χ0v) is 18.2. The molecule has 2 heterocycles. The quantitative estimate of drug-likeness (QED) is 0.296. The molecule has 1 aromatic carbocycles. The minimum atomic E-state index is -0.316. The number of nitrogens with one attached hydrogen (secondary N) is 2. The molecule has 27 heavy (non-hydrogen) atoms. The number of urea groups is 1. The molecule has 8 heteroatoms. The van der Waals surface area contributed by atoms with Crippen molar-refractivity contribution in [3.8, 4) is 0 Å². The molecule has 0 saturated carbocycles. The Morgan fingerprint density at radius 2 is 2.04 bits per heavy atom. The molecule has 2 unspecified atom stereocenters. The number of imide groups is 1. The molecule has 0 spiro atoms. The van der Waals surface area contributed by atoms with Gasteiger partial charge in [0.15, 0.2) is 5.96 Å². The van der Waals surface area contributed by atoms with E-state index < -0.39 is 0 Å². The first-order valence-corrected chi connectivity index (χ1v) is 9.19. The number of hydrogen-bond acceptors (Lipinski definition) is 3. The van der Waals surface area contributed by atoms with Crippen LogP contribution in [-0.2, 0) is 4.79 Å². The van der Waals surface area contributed by atoms with Crippen LogP contribution in [-0.4, -0.2) is 67.5 Å². The van der Waals surface area contributed by atoms with Crippen molar-refractivity contribution in [2.75, 3.05) is 39.8 Å². The van der Waals surface area contributed by atoms with Crippen LogP contribution in [0.2, 0.25) is 0 Å². The Morgan fingerprint density at radius 3 is 2.63 bits per heavy atom. The third-order valence-electron chi connectivity index (χ3n) is 5.20. The molecule has 2 N–H and O–H groups in total. The molecule has 2 aliphatic heterocycles. The molecule has 3 amide bonds. The van der Waals surface area contributed by atoms with Gasteiger partial charge in [0.05, 0.1) is 6.54 Å². The predicted molar refractivity (Wildman–Crippen MR) is 116 cm³/mol. The number of halogens is 1. The number of rotatable bonds is 4. The van der Waals surface area contributed by atoms with Gasteiger partial charge in [-0.1, -0.05) is 37.3 Å². The van der Waals surface area contributed by atoms with E-state index in [4.69, 9.17) is 0 Å². The van der Waals surface area contributed by atoms with Gasteiger partial charge in [0.25, 0.3) is 0 Å². The summed E-state index contributed by atoms with van der Waals surface area (Å²) in [6, 6.07) is 10.4. The van der Waals surface area contributed by atoms with Gasteiger partial charge in [0.1, 0.15) is 0 Å². The van der Waals surface area contributed by atoms with E-state index in [2.05, 4.69) is 57.8 Å². The number of aliphatic imine (C=N–C) groups is 1. The van der Waals surface area contributed by atoms with Gasteiger partial charge >= 0.3 is 6.03 Å². The van der Waals surface area contributed by atoms with Crippen molar-refractivity contribution in [3.05, 3.63) is 35.9 Å². The van der Waals surface area contributed by atoms with Crippen molar-refractivity contribution < 1.29 is 9.59 Å².